The second-order valence-corrected chi connectivity index (χ2v) is 7.39. The number of ether oxygens (including phenoxy) is 4. The maximum Gasteiger partial charge on any atom is 0.164 e. The van der Waals surface area contributed by atoms with E-state index >= 15 is 0 Å². The van der Waals surface area contributed by atoms with E-state index in [0.717, 1.165) is 61.9 Å². The number of benzene rings is 1. The SMILES string of the molecule is COc1cc2c(cc1CN1C[C@@H]3CCOC[C@]3(CO)C1)OCCCO2. The van der Waals surface area contributed by atoms with Crippen LogP contribution in [0.3, 0.4) is 0 Å². The standard InChI is InChI=1S/C19H27NO5/c1-22-16-8-18-17(24-4-2-5-25-18)7-14(16)9-20-10-15-3-6-23-13-19(15,11-20)12-21/h7-8,15,21H,2-6,9-13H2,1H3/t15-,19+/m0/s1. The fourth-order valence-corrected chi connectivity index (χ4v) is 4.34. The summed E-state index contributed by atoms with van der Waals surface area (Å²) in [6, 6.07) is 3.98. The molecule has 1 aromatic rings. The Labute approximate surface area is 148 Å². The van der Waals surface area contributed by atoms with Crippen molar-refractivity contribution in [2.45, 2.75) is 19.4 Å². The molecule has 3 heterocycles. The number of hydrogen-bond donors (Lipinski definition) is 1. The van der Waals surface area contributed by atoms with Crippen LogP contribution in [-0.4, -0.2) is 63.2 Å². The van der Waals surface area contributed by atoms with Crippen molar-refractivity contribution in [1.29, 1.82) is 0 Å². The summed E-state index contributed by atoms with van der Waals surface area (Å²) in [5.74, 6) is 2.88. The molecule has 2 saturated heterocycles. The zero-order valence-electron chi connectivity index (χ0n) is 14.8. The smallest absolute Gasteiger partial charge is 0.164 e. The molecule has 0 bridgehead atoms. The molecular weight excluding hydrogens is 322 g/mol. The minimum Gasteiger partial charge on any atom is -0.496 e. The van der Waals surface area contributed by atoms with E-state index in [-0.39, 0.29) is 12.0 Å². The molecule has 0 aliphatic carbocycles. The first-order valence-corrected chi connectivity index (χ1v) is 9.11. The van der Waals surface area contributed by atoms with Crippen molar-refractivity contribution in [3.63, 3.8) is 0 Å². The predicted molar refractivity (Wildman–Crippen MR) is 92.3 cm³/mol. The molecule has 0 radical (unpaired) electrons. The maximum atomic E-state index is 9.96. The fourth-order valence-electron chi connectivity index (χ4n) is 4.34. The molecule has 1 N–H and O–H groups in total. The number of likely N-dealkylation sites (tertiary alicyclic amines) is 1. The lowest BCUT2D eigenvalue weighted by molar-refractivity contribution is -0.0561. The third kappa shape index (κ3) is 3.18. The third-order valence-corrected chi connectivity index (χ3v) is 5.74. The zero-order valence-corrected chi connectivity index (χ0v) is 14.8. The van der Waals surface area contributed by atoms with E-state index in [2.05, 4.69) is 4.90 Å². The Morgan fingerprint density at radius 3 is 2.76 bits per heavy atom. The summed E-state index contributed by atoms with van der Waals surface area (Å²) in [5, 5.41) is 9.96. The van der Waals surface area contributed by atoms with Gasteiger partial charge in [-0.2, -0.15) is 0 Å². The molecule has 25 heavy (non-hydrogen) atoms. The first kappa shape index (κ1) is 16.9. The van der Waals surface area contributed by atoms with Gasteiger partial charge in [-0.05, 0) is 18.4 Å². The van der Waals surface area contributed by atoms with Crippen molar-refractivity contribution in [1.82, 2.24) is 4.90 Å². The van der Waals surface area contributed by atoms with Gasteiger partial charge >= 0.3 is 0 Å². The number of hydrogen-bond acceptors (Lipinski definition) is 6. The highest BCUT2D eigenvalue weighted by molar-refractivity contribution is 5.51. The average molecular weight is 349 g/mol. The average Bonchev–Trinajstić information content (AvgIpc) is 2.85. The van der Waals surface area contributed by atoms with Gasteiger partial charge in [-0.3, -0.25) is 4.90 Å². The molecule has 0 saturated carbocycles. The van der Waals surface area contributed by atoms with Gasteiger partial charge in [-0.25, -0.2) is 0 Å². The van der Waals surface area contributed by atoms with Gasteiger partial charge < -0.3 is 24.1 Å². The highest BCUT2D eigenvalue weighted by Gasteiger charge is 2.48. The van der Waals surface area contributed by atoms with Crippen molar-refractivity contribution in [3.05, 3.63) is 17.7 Å². The summed E-state index contributed by atoms with van der Waals surface area (Å²) in [7, 11) is 1.69. The number of methoxy groups -OCH3 is 1. The Morgan fingerprint density at radius 1 is 1.24 bits per heavy atom. The molecule has 0 spiro atoms. The van der Waals surface area contributed by atoms with Crippen LogP contribution >= 0.6 is 0 Å². The highest BCUT2D eigenvalue weighted by atomic mass is 16.5. The van der Waals surface area contributed by atoms with E-state index in [4.69, 9.17) is 18.9 Å². The van der Waals surface area contributed by atoms with Gasteiger partial charge in [-0.15, -0.1) is 0 Å². The van der Waals surface area contributed by atoms with Crippen molar-refractivity contribution in [2.75, 3.05) is 53.2 Å². The number of fused-ring (bicyclic) bond motifs is 2. The van der Waals surface area contributed by atoms with E-state index in [1.165, 1.54) is 0 Å². The first-order chi connectivity index (χ1) is 12.2. The van der Waals surface area contributed by atoms with Gasteiger partial charge in [0.15, 0.2) is 11.5 Å². The number of rotatable bonds is 4. The van der Waals surface area contributed by atoms with E-state index in [0.29, 0.717) is 25.7 Å². The molecule has 0 unspecified atom stereocenters. The molecule has 1 aromatic carbocycles. The molecule has 0 aromatic heterocycles. The Hall–Kier alpha value is -1.50. The summed E-state index contributed by atoms with van der Waals surface area (Å²) in [4.78, 5) is 2.40. The molecule has 6 heteroatoms. The van der Waals surface area contributed by atoms with Crippen LogP contribution in [0, 0.1) is 11.3 Å². The second-order valence-electron chi connectivity index (χ2n) is 7.39. The van der Waals surface area contributed by atoms with Gasteiger partial charge in [0.2, 0.25) is 0 Å². The Kier molecular flexibility index (Phi) is 4.75. The molecule has 6 nitrogen and oxygen atoms in total. The summed E-state index contributed by atoms with van der Waals surface area (Å²) in [6.45, 7) is 5.60. The lowest BCUT2D eigenvalue weighted by atomic mass is 9.76. The molecule has 3 aliphatic rings. The van der Waals surface area contributed by atoms with Crippen molar-refractivity contribution >= 4 is 0 Å². The highest BCUT2D eigenvalue weighted by Crippen LogP contribution is 2.43. The van der Waals surface area contributed by atoms with Crippen LogP contribution in [0.15, 0.2) is 12.1 Å². The summed E-state index contributed by atoms with van der Waals surface area (Å²) in [6.07, 6.45) is 1.91. The van der Waals surface area contributed by atoms with E-state index < -0.39 is 0 Å². The van der Waals surface area contributed by atoms with Crippen molar-refractivity contribution in [3.8, 4) is 17.2 Å². The molecule has 3 aliphatic heterocycles. The predicted octanol–water partition coefficient (Wildman–Crippen LogP) is 1.69. The summed E-state index contributed by atoms with van der Waals surface area (Å²) in [5.41, 5.74) is 0.982. The second kappa shape index (κ2) is 7.02. The lowest BCUT2D eigenvalue weighted by Crippen LogP contribution is -2.42. The molecule has 2 fully saturated rings. The zero-order chi connectivity index (χ0) is 17.3. The van der Waals surface area contributed by atoms with Gasteiger partial charge in [0.25, 0.3) is 0 Å². The van der Waals surface area contributed by atoms with Crippen molar-refractivity contribution < 1.29 is 24.1 Å². The van der Waals surface area contributed by atoms with E-state index in [1.807, 2.05) is 12.1 Å². The van der Waals surface area contributed by atoms with Crippen LogP contribution in [0.2, 0.25) is 0 Å². The normalized spacial score (nSPS) is 29.1. The maximum absolute atomic E-state index is 9.96. The van der Waals surface area contributed by atoms with Crippen LogP contribution in [0.5, 0.6) is 17.2 Å². The van der Waals surface area contributed by atoms with E-state index in [1.54, 1.807) is 7.11 Å². The van der Waals surface area contributed by atoms with Crippen molar-refractivity contribution in [2.24, 2.45) is 11.3 Å². The number of aliphatic hydroxyl groups is 1. The molecule has 0 amide bonds. The van der Waals surface area contributed by atoms with Gasteiger partial charge in [0.05, 0.1) is 33.5 Å². The lowest BCUT2D eigenvalue weighted by Gasteiger charge is -2.36. The Balaban J connectivity index is 1.55. The fraction of sp³-hybridized carbons (Fsp3) is 0.684. The summed E-state index contributed by atoms with van der Waals surface area (Å²) >= 11 is 0. The minimum absolute atomic E-state index is 0.114. The Bertz CT molecular complexity index is 622. The van der Waals surface area contributed by atoms with Gasteiger partial charge in [-0.1, -0.05) is 0 Å². The first-order valence-electron chi connectivity index (χ1n) is 9.11. The van der Waals surface area contributed by atoms with Crippen LogP contribution in [0.1, 0.15) is 18.4 Å². The van der Waals surface area contributed by atoms with Crippen LogP contribution < -0.4 is 14.2 Å². The molecular formula is C19H27NO5. The molecule has 2 atom stereocenters. The van der Waals surface area contributed by atoms with Crippen LogP contribution in [-0.2, 0) is 11.3 Å². The molecule has 138 valence electrons. The van der Waals surface area contributed by atoms with Crippen LogP contribution in [0.4, 0.5) is 0 Å². The number of nitrogens with zero attached hydrogens (tertiary/aromatic N) is 1. The van der Waals surface area contributed by atoms with E-state index in [9.17, 15) is 5.11 Å². The van der Waals surface area contributed by atoms with Gasteiger partial charge in [0.1, 0.15) is 5.75 Å². The number of aliphatic hydroxyl groups excluding tert-OH is 1. The summed E-state index contributed by atoms with van der Waals surface area (Å²) < 4.78 is 22.8. The molecule has 4 rings (SSSR count). The van der Waals surface area contributed by atoms with Crippen LogP contribution in [0.25, 0.3) is 0 Å². The third-order valence-electron chi connectivity index (χ3n) is 5.74. The van der Waals surface area contributed by atoms with Gasteiger partial charge in [0, 0.05) is 49.7 Å². The largest absolute Gasteiger partial charge is 0.496 e. The minimum atomic E-state index is -0.114. The monoisotopic (exact) mass is 349 g/mol. The Morgan fingerprint density at radius 2 is 2.04 bits per heavy atom. The topological polar surface area (TPSA) is 60.4 Å². The quantitative estimate of drug-likeness (QED) is 0.893.